The van der Waals surface area contributed by atoms with Crippen molar-refractivity contribution in [1.82, 2.24) is 18.6 Å². The number of amides is 1. The molecule has 2 heterocycles. The maximum atomic E-state index is 14.5. The molecule has 1 amide bonds. The monoisotopic (exact) mass is 623 g/mol. The molecule has 0 aliphatic carbocycles. The summed E-state index contributed by atoms with van der Waals surface area (Å²) in [7, 11) is -8.15. The standard InChI is InChI=1S/C30H30FN5O5S2/c1-22-19-24(23(2)36(22)28-16-10-9-15-27(28)31)20-32-33-30(37)29-21-34(42(38,39)25-11-5-3-6-12-25)17-18-35(29)43(40,41)26-13-7-4-8-14-26/h3-16,19-20,29H,17-18,21H2,1-2H3,(H,33,37)/b32-20-/t29-/m1/s1. The van der Waals surface area contributed by atoms with Crippen LogP contribution in [-0.4, -0.2) is 67.8 Å². The lowest BCUT2D eigenvalue weighted by Gasteiger charge is -2.38. The number of para-hydroxylation sites is 1. The molecule has 224 valence electrons. The van der Waals surface area contributed by atoms with Crippen LogP contribution in [0, 0.1) is 19.7 Å². The average Bonchev–Trinajstić information content (AvgIpc) is 3.29. The number of hydrogen-bond donors (Lipinski definition) is 1. The van der Waals surface area contributed by atoms with Gasteiger partial charge in [0.15, 0.2) is 0 Å². The fraction of sp³-hybridized carbons (Fsp3) is 0.200. The summed E-state index contributed by atoms with van der Waals surface area (Å²) in [6, 6.07) is 22.1. The number of aromatic nitrogens is 1. The second-order valence-electron chi connectivity index (χ2n) is 9.97. The van der Waals surface area contributed by atoms with Crippen molar-refractivity contribution in [1.29, 1.82) is 0 Å². The lowest BCUT2D eigenvalue weighted by atomic mass is 10.2. The van der Waals surface area contributed by atoms with E-state index in [1.807, 2.05) is 6.92 Å². The Morgan fingerprint density at radius 1 is 0.860 bits per heavy atom. The van der Waals surface area contributed by atoms with Crippen LogP contribution in [0.25, 0.3) is 5.69 Å². The van der Waals surface area contributed by atoms with Crippen LogP contribution in [0.15, 0.2) is 106 Å². The fourth-order valence-electron chi connectivity index (χ4n) is 5.09. The second-order valence-corrected chi connectivity index (χ2v) is 13.8. The van der Waals surface area contributed by atoms with E-state index in [1.54, 1.807) is 72.2 Å². The molecule has 1 atom stereocenters. The zero-order chi connectivity index (χ0) is 30.8. The molecule has 1 aromatic heterocycles. The number of piperazine rings is 1. The van der Waals surface area contributed by atoms with E-state index in [0.29, 0.717) is 16.9 Å². The molecule has 1 aliphatic rings. The summed E-state index contributed by atoms with van der Waals surface area (Å²) in [5.41, 5.74) is 4.78. The minimum atomic E-state index is -4.15. The highest BCUT2D eigenvalue weighted by Crippen LogP contribution is 2.26. The van der Waals surface area contributed by atoms with Gasteiger partial charge in [0.25, 0.3) is 5.91 Å². The van der Waals surface area contributed by atoms with Gasteiger partial charge in [0.05, 0.1) is 21.7 Å². The van der Waals surface area contributed by atoms with Crippen LogP contribution in [0.4, 0.5) is 4.39 Å². The van der Waals surface area contributed by atoms with E-state index in [-0.39, 0.29) is 22.9 Å². The second kappa shape index (κ2) is 12.2. The number of carbonyl (C=O) groups is 1. The highest BCUT2D eigenvalue weighted by molar-refractivity contribution is 7.89. The molecule has 13 heteroatoms. The van der Waals surface area contributed by atoms with Crippen molar-refractivity contribution in [2.45, 2.75) is 29.7 Å². The van der Waals surface area contributed by atoms with Gasteiger partial charge >= 0.3 is 0 Å². The number of hydrazone groups is 1. The van der Waals surface area contributed by atoms with Crippen molar-refractivity contribution in [2.75, 3.05) is 19.6 Å². The molecule has 0 unspecified atom stereocenters. The quantitative estimate of drug-likeness (QED) is 0.238. The van der Waals surface area contributed by atoms with Crippen LogP contribution in [0.5, 0.6) is 0 Å². The predicted octanol–water partition coefficient (Wildman–Crippen LogP) is 3.45. The van der Waals surface area contributed by atoms with E-state index >= 15 is 0 Å². The van der Waals surface area contributed by atoms with E-state index in [1.165, 1.54) is 36.5 Å². The summed E-state index contributed by atoms with van der Waals surface area (Å²) in [4.78, 5) is 13.5. The summed E-state index contributed by atoms with van der Waals surface area (Å²) in [5, 5.41) is 4.06. The first-order valence-corrected chi connectivity index (χ1v) is 16.3. The number of nitrogens with one attached hydrogen (secondary N) is 1. The Balaban J connectivity index is 1.42. The molecule has 1 saturated heterocycles. The van der Waals surface area contributed by atoms with Crippen LogP contribution in [0.1, 0.15) is 17.0 Å². The van der Waals surface area contributed by atoms with Gasteiger partial charge in [-0.2, -0.15) is 13.7 Å². The molecule has 0 bridgehead atoms. The van der Waals surface area contributed by atoms with Crippen LogP contribution in [0.2, 0.25) is 0 Å². The van der Waals surface area contributed by atoms with Gasteiger partial charge in [-0.15, -0.1) is 0 Å². The Morgan fingerprint density at radius 2 is 1.44 bits per heavy atom. The Hall–Kier alpha value is -4.17. The number of rotatable bonds is 8. The van der Waals surface area contributed by atoms with Gasteiger partial charge in [-0.3, -0.25) is 4.79 Å². The predicted molar refractivity (Wildman–Crippen MR) is 160 cm³/mol. The molecular weight excluding hydrogens is 593 g/mol. The van der Waals surface area contributed by atoms with Crippen molar-refractivity contribution in [3.05, 3.63) is 114 Å². The topological polar surface area (TPSA) is 121 Å². The largest absolute Gasteiger partial charge is 0.315 e. The van der Waals surface area contributed by atoms with Crippen molar-refractivity contribution in [2.24, 2.45) is 5.10 Å². The van der Waals surface area contributed by atoms with Crippen molar-refractivity contribution in [3.8, 4) is 5.69 Å². The number of carbonyl (C=O) groups excluding carboxylic acids is 1. The molecule has 5 rings (SSSR count). The molecule has 43 heavy (non-hydrogen) atoms. The van der Waals surface area contributed by atoms with Gasteiger partial charge in [0.2, 0.25) is 20.0 Å². The first kappa shape index (κ1) is 30.3. The molecule has 10 nitrogen and oxygen atoms in total. The van der Waals surface area contributed by atoms with Gasteiger partial charge in [-0.25, -0.2) is 26.7 Å². The lowest BCUT2D eigenvalue weighted by molar-refractivity contribution is -0.125. The van der Waals surface area contributed by atoms with Crippen LogP contribution in [-0.2, 0) is 24.8 Å². The van der Waals surface area contributed by atoms with E-state index in [0.717, 1.165) is 14.3 Å². The number of halogens is 1. The fourth-order valence-corrected chi connectivity index (χ4v) is 8.14. The molecule has 0 saturated carbocycles. The van der Waals surface area contributed by atoms with Gasteiger partial charge in [-0.1, -0.05) is 48.5 Å². The molecule has 1 aliphatic heterocycles. The van der Waals surface area contributed by atoms with Crippen molar-refractivity contribution >= 4 is 32.2 Å². The van der Waals surface area contributed by atoms with E-state index in [9.17, 15) is 26.0 Å². The van der Waals surface area contributed by atoms with Crippen LogP contribution >= 0.6 is 0 Å². The summed E-state index contributed by atoms with van der Waals surface area (Å²) in [5.74, 6) is -1.19. The summed E-state index contributed by atoms with van der Waals surface area (Å²) < 4.78 is 72.2. The third kappa shape index (κ3) is 6.02. The molecule has 1 fully saturated rings. The summed E-state index contributed by atoms with van der Waals surface area (Å²) in [6.07, 6.45) is 1.38. The molecule has 3 aromatic carbocycles. The molecule has 0 radical (unpaired) electrons. The number of sulfonamides is 2. The Morgan fingerprint density at radius 3 is 2.07 bits per heavy atom. The number of hydrogen-bond acceptors (Lipinski definition) is 6. The van der Waals surface area contributed by atoms with Crippen LogP contribution < -0.4 is 5.43 Å². The Bertz CT molecular complexity index is 1880. The molecular formula is C30H30FN5O5S2. The highest BCUT2D eigenvalue weighted by Gasteiger charge is 2.43. The van der Waals surface area contributed by atoms with Gasteiger partial charge in [0.1, 0.15) is 11.9 Å². The normalized spacial score (nSPS) is 16.9. The average molecular weight is 624 g/mol. The number of aryl methyl sites for hydroxylation is 1. The first-order chi connectivity index (χ1) is 20.5. The lowest BCUT2D eigenvalue weighted by Crippen LogP contribution is -2.60. The zero-order valence-electron chi connectivity index (χ0n) is 23.5. The van der Waals surface area contributed by atoms with Gasteiger partial charge in [-0.05, 0) is 56.3 Å². The summed E-state index contributed by atoms with van der Waals surface area (Å²) >= 11 is 0. The third-order valence-electron chi connectivity index (χ3n) is 7.27. The maximum Gasteiger partial charge on any atom is 0.259 e. The highest BCUT2D eigenvalue weighted by atomic mass is 32.2. The van der Waals surface area contributed by atoms with E-state index in [4.69, 9.17) is 0 Å². The van der Waals surface area contributed by atoms with Gasteiger partial charge in [0, 0.05) is 36.6 Å². The molecule has 0 spiro atoms. The van der Waals surface area contributed by atoms with Crippen LogP contribution in [0.3, 0.4) is 0 Å². The molecule has 4 aromatic rings. The smallest absolute Gasteiger partial charge is 0.259 e. The Kier molecular flexibility index (Phi) is 8.60. The zero-order valence-corrected chi connectivity index (χ0v) is 25.1. The molecule has 1 N–H and O–H groups in total. The minimum absolute atomic E-state index is 0.0174. The SMILES string of the molecule is Cc1cc(/C=N\NC(=O)[C@H]2CN(S(=O)(=O)c3ccccc3)CCN2S(=O)(=O)c2ccccc2)c(C)n1-c1ccccc1F. The van der Waals surface area contributed by atoms with Gasteiger partial charge < -0.3 is 4.57 Å². The van der Waals surface area contributed by atoms with Crippen molar-refractivity contribution in [3.63, 3.8) is 0 Å². The van der Waals surface area contributed by atoms with E-state index < -0.39 is 44.4 Å². The summed E-state index contributed by atoms with van der Waals surface area (Å²) in [6.45, 7) is 2.80. The third-order valence-corrected chi connectivity index (χ3v) is 11.1. The number of benzene rings is 3. The van der Waals surface area contributed by atoms with Crippen molar-refractivity contribution < 1.29 is 26.0 Å². The maximum absolute atomic E-state index is 14.5. The minimum Gasteiger partial charge on any atom is -0.315 e. The number of nitrogens with zero attached hydrogens (tertiary/aromatic N) is 4. The van der Waals surface area contributed by atoms with E-state index in [2.05, 4.69) is 10.5 Å². The first-order valence-electron chi connectivity index (χ1n) is 13.4. The Labute approximate surface area is 250 Å².